The Balaban J connectivity index is 1.31. The Kier molecular flexibility index (Phi) is 6.09. The smallest absolute Gasteiger partial charge is 0.138 e. The van der Waals surface area contributed by atoms with Crippen LogP contribution in [0.3, 0.4) is 0 Å². The van der Waals surface area contributed by atoms with Crippen molar-refractivity contribution in [1.82, 2.24) is 4.98 Å². The molecule has 0 amide bonds. The van der Waals surface area contributed by atoms with E-state index in [2.05, 4.69) is 157 Å². The third-order valence-corrected chi connectivity index (χ3v) is 8.94. The molecule has 6 aromatic carbocycles. The molecule has 0 atom stereocenters. The summed E-state index contributed by atoms with van der Waals surface area (Å²) in [6.07, 6.45) is 0. The minimum Gasteiger partial charge on any atom is -0.293 e. The molecular formula is C39H26N2S. The molecule has 1 aromatic heterocycles. The molecule has 0 unspecified atom stereocenters. The minimum atomic E-state index is 0.905. The van der Waals surface area contributed by atoms with Crippen LogP contribution >= 0.6 is 11.8 Å². The third kappa shape index (κ3) is 4.45. The van der Waals surface area contributed by atoms with E-state index in [1.54, 1.807) is 0 Å². The predicted molar refractivity (Wildman–Crippen MR) is 177 cm³/mol. The third-order valence-electron chi connectivity index (χ3n) is 7.83. The summed E-state index contributed by atoms with van der Waals surface area (Å²) in [5, 5.41) is 2.51. The first-order valence-corrected chi connectivity index (χ1v) is 14.9. The number of nitrogens with zero attached hydrogens (tertiary/aromatic N) is 2. The van der Waals surface area contributed by atoms with E-state index in [0.29, 0.717) is 0 Å². The van der Waals surface area contributed by atoms with E-state index in [1.807, 2.05) is 17.8 Å². The maximum Gasteiger partial charge on any atom is 0.138 e. The molecule has 0 saturated heterocycles. The zero-order chi connectivity index (χ0) is 27.9. The normalized spacial score (nSPS) is 12.1. The van der Waals surface area contributed by atoms with Gasteiger partial charge in [0.25, 0.3) is 0 Å². The molecule has 8 rings (SSSR count). The van der Waals surface area contributed by atoms with Crippen molar-refractivity contribution in [3.05, 3.63) is 158 Å². The van der Waals surface area contributed by atoms with E-state index in [4.69, 9.17) is 4.98 Å². The molecule has 0 N–H and O–H groups in total. The molecule has 198 valence electrons. The standard InChI is InChI=1S/C39H26N2S/c1-3-11-27(12-4-1)33-24-34(29-14-5-2-6-15-29)40-39(26-33)41-35-17-9-10-18-37(35)42-38-25-32(21-22-36(38)41)31-20-19-28-13-7-8-16-30(28)23-31/h1-26H. The summed E-state index contributed by atoms with van der Waals surface area (Å²) in [7, 11) is 0. The quantitative estimate of drug-likeness (QED) is 0.215. The molecule has 0 fully saturated rings. The fourth-order valence-electron chi connectivity index (χ4n) is 5.74. The zero-order valence-electron chi connectivity index (χ0n) is 22.8. The second kappa shape index (κ2) is 10.4. The fourth-order valence-corrected chi connectivity index (χ4v) is 6.83. The van der Waals surface area contributed by atoms with Gasteiger partial charge in [-0.1, -0.05) is 127 Å². The van der Waals surface area contributed by atoms with Gasteiger partial charge < -0.3 is 0 Å². The van der Waals surface area contributed by atoms with Crippen LogP contribution < -0.4 is 4.90 Å². The van der Waals surface area contributed by atoms with Gasteiger partial charge in [-0.25, -0.2) is 4.98 Å². The number of pyridine rings is 1. The largest absolute Gasteiger partial charge is 0.293 e. The van der Waals surface area contributed by atoms with Gasteiger partial charge in [0.2, 0.25) is 0 Å². The summed E-state index contributed by atoms with van der Waals surface area (Å²) in [5.41, 5.74) is 9.08. The Bertz CT molecular complexity index is 2010. The SMILES string of the molecule is c1ccc(-c2cc(-c3ccccc3)nc(N3c4ccccc4Sc4cc(-c5ccc6ccccc6c5)ccc43)c2)cc1. The van der Waals surface area contributed by atoms with Gasteiger partial charge >= 0.3 is 0 Å². The van der Waals surface area contributed by atoms with E-state index in [1.165, 1.54) is 37.3 Å². The molecule has 2 heterocycles. The van der Waals surface area contributed by atoms with Crippen molar-refractivity contribution < 1.29 is 0 Å². The summed E-state index contributed by atoms with van der Waals surface area (Å²) >= 11 is 1.83. The number of para-hydroxylation sites is 1. The molecular weight excluding hydrogens is 529 g/mol. The number of hydrogen-bond acceptors (Lipinski definition) is 3. The van der Waals surface area contributed by atoms with Crippen molar-refractivity contribution in [3.63, 3.8) is 0 Å². The van der Waals surface area contributed by atoms with Gasteiger partial charge in [0.15, 0.2) is 0 Å². The maximum atomic E-state index is 5.28. The highest BCUT2D eigenvalue weighted by atomic mass is 32.2. The van der Waals surface area contributed by atoms with Crippen molar-refractivity contribution in [2.75, 3.05) is 4.90 Å². The molecule has 2 nitrogen and oxygen atoms in total. The first-order chi connectivity index (χ1) is 20.8. The second-order valence-corrected chi connectivity index (χ2v) is 11.6. The van der Waals surface area contributed by atoms with Crippen LogP contribution in [0.5, 0.6) is 0 Å². The van der Waals surface area contributed by atoms with Gasteiger partial charge in [-0.2, -0.15) is 0 Å². The summed E-state index contributed by atoms with van der Waals surface area (Å²) in [5.74, 6) is 0.905. The average Bonchev–Trinajstić information content (AvgIpc) is 3.07. The van der Waals surface area contributed by atoms with Gasteiger partial charge in [0.05, 0.1) is 17.1 Å². The predicted octanol–water partition coefficient (Wildman–Crippen LogP) is 11.2. The van der Waals surface area contributed by atoms with Crippen LogP contribution in [-0.2, 0) is 0 Å². The molecule has 1 aliphatic rings. The molecule has 0 aliphatic carbocycles. The molecule has 0 saturated carbocycles. The molecule has 7 aromatic rings. The molecule has 0 bridgehead atoms. The highest BCUT2D eigenvalue weighted by molar-refractivity contribution is 7.99. The Morgan fingerprint density at radius 3 is 1.88 bits per heavy atom. The number of aromatic nitrogens is 1. The average molecular weight is 555 g/mol. The van der Waals surface area contributed by atoms with Crippen molar-refractivity contribution >= 4 is 39.7 Å². The number of fused-ring (bicyclic) bond motifs is 3. The first kappa shape index (κ1) is 24.7. The van der Waals surface area contributed by atoms with Gasteiger partial charge in [-0.3, -0.25) is 4.90 Å². The highest BCUT2D eigenvalue weighted by Gasteiger charge is 2.27. The van der Waals surface area contributed by atoms with Gasteiger partial charge in [-0.05, 0) is 75.5 Å². The van der Waals surface area contributed by atoms with Crippen LogP contribution in [-0.4, -0.2) is 4.98 Å². The lowest BCUT2D eigenvalue weighted by atomic mass is 10.0. The highest BCUT2D eigenvalue weighted by Crippen LogP contribution is 2.52. The number of anilines is 3. The molecule has 42 heavy (non-hydrogen) atoms. The van der Waals surface area contributed by atoms with Crippen LogP contribution in [0.1, 0.15) is 0 Å². The number of benzene rings is 6. The minimum absolute atomic E-state index is 0.905. The van der Waals surface area contributed by atoms with Gasteiger partial charge in [0.1, 0.15) is 5.82 Å². The van der Waals surface area contributed by atoms with E-state index in [-0.39, 0.29) is 0 Å². The lowest BCUT2D eigenvalue weighted by Crippen LogP contribution is -2.16. The van der Waals surface area contributed by atoms with E-state index < -0.39 is 0 Å². The topological polar surface area (TPSA) is 16.1 Å². The number of hydrogen-bond donors (Lipinski definition) is 0. The Morgan fingerprint density at radius 2 is 1.05 bits per heavy atom. The molecule has 3 heteroatoms. The lowest BCUT2D eigenvalue weighted by Gasteiger charge is -2.33. The molecule has 0 spiro atoms. The monoisotopic (exact) mass is 554 g/mol. The van der Waals surface area contributed by atoms with Crippen LogP contribution in [0.25, 0.3) is 44.3 Å². The van der Waals surface area contributed by atoms with Crippen LogP contribution in [0, 0.1) is 0 Å². The van der Waals surface area contributed by atoms with Crippen molar-refractivity contribution in [3.8, 4) is 33.5 Å². The van der Waals surface area contributed by atoms with Gasteiger partial charge in [0, 0.05) is 15.4 Å². The summed E-state index contributed by atoms with van der Waals surface area (Å²) < 4.78 is 0. The lowest BCUT2D eigenvalue weighted by molar-refractivity contribution is 1.12. The number of rotatable bonds is 4. The van der Waals surface area contributed by atoms with E-state index in [9.17, 15) is 0 Å². The zero-order valence-corrected chi connectivity index (χ0v) is 23.6. The van der Waals surface area contributed by atoms with Crippen LogP contribution in [0.15, 0.2) is 168 Å². The molecule has 1 aliphatic heterocycles. The Morgan fingerprint density at radius 1 is 0.405 bits per heavy atom. The van der Waals surface area contributed by atoms with Crippen molar-refractivity contribution in [2.45, 2.75) is 9.79 Å². The Hall–Kier alpha value is -5.12. The van der Waals surface area contributed by atoms with Crippen molar-refractivity contribution in [1.29, 1.82) is 0 Å². The second-order valence-electron chi connectivity index (χ2n) is 10.5. The summed E-state index contributed by atoms with van der Waals surface area (Å²) in [6.45, 7) is 0. The van der Waals surface area contributed by atoms with Gasteiger partial charge in [-0.15, -0.1) is 0 Å². The van der Waals surface area contributed by atoms with E-state index >= 15 is 0 Å². The van der Waals surface area contributed by atoms with E-state index in [0.717, 1.165) is 34.0 Å². The summed E-state index contributed by atoms with van der Waals surface area (Å²) in [6, 6.07) is 56.1. The van der Waals surface area contributed by atoms with Crippen LogP contribution in [0.2, 0.25) is 0 Å². The van der Waals surface area contributed by atoms with Crippen LogP contribution in [0.4, 0.5) is 17.2 Å². The Labute approximate surface area is 249 Å². The molecule has 0 radical (unpaired) electrons. The maximum absolute atomic E-state index is 5.28. The van der Waals surface area contributed by atoms with Crippen molar-refractivity contribution in [2.24, 2.45) is 0 Å². The fraction of sp³-hybridized carbons (Fsp3) is 0. The summed E-state index contributed by atoms with van der Waals surface area (Å²) in [4.78, 5) is 10.0. The first-order valence-electron chi connectivity index (χ1n) is 14.1.